The van der Waals surface area contributed by atoms with E-state index in [2.05, 4.69) is 10.0 Å². The van der Waals surface area contributed by atoms with E-state index in [-0.39, 0.29) is 17.5 Å². The quantitative estimate of drug-likeness (QED) is 0.794. The molecule has 0 aromatic heterocycles. The van der Waals surface area contributed by atoms with E-state index in [1.807, 2.05) is 0 Å². The lowest BCUT2D eigenvalue weighted by Crippen LogP contribution is -2.45. The highest BCUT2D eigenvalue weighted by molar-refractivity contribution is 7.89. The maximum atomic E-state index is 12.1. The highest BCUT2D eigenvalue weighted by atomic mass is 32.2. The second-order valence-corrected chi connectivity index (χ2v) is 5.99. The number of nitrogens with one attached hydrogen (secondary N) is 2. The fourth-order valence-corrected chi connectivity index (χ4v) is 2.91. The zero-order valence-corrected chi connectivity index (χ0v) is 11.6. The van der Waals surface area contributed by atoms with Gasteiger partial charge in [0.1, 0.15) is 5.75 Å². The first-order valence-corrected chi connectivity index (χ1v) is 7.56. The van der Waals surface area contributed by atoms with Crippen LogP contribution in [0.25, 0.3) is 0 Å². The summed E-state index contributed by atoms with van der Waals surface area (Å²) in [6.45, 7) is 2.32. The smallest absolute Gasteiger partial charge is 0.240 e. The van der Waals surface area contributed by atoms with Gasteiger partial charge in [-0.3, -0.25) is 0 Å². The van der Waals surface area contributed by atoms with Crippen LogP contribution in [-0.2, 0) is 14.8 Å². The first-order valence-electron chi connectivity index (χ1n) is 6.08. The summed E-state index contributed by atoms with van der Waals surface area (Å²) in [5, 5.41) is 3.15. The lowest BCUT2D eigenvalue weighted by Gasteiger charge is -2.23. The van der Waals surface area contributed by atoms with Crippen molar-refractivity contribution in [2.24, 2.45) is 0 Å². The van der Waals surface area contributed by atoms with Crippen molar-refractivity contribution in [2.45, 2.75) is 11.0 Å². The molecule has 0 spiro atoms. The first kappa shape index (κ1) is 14.3. The van der Waals surface area contributed by atoms with Gasteiger partial charge in [0.05, 0.1) is 24.7 Å². The molecule has 0 saturated carbocycles. The number of sulfonamides is 1. The van der Waals surface area contributed by atoms with Crippen LogP contribution in [0.4, 0.5) is 0 Å². The maximum absolute atomic E-state index is 12.1. The molecule has 2 rings (SSSR count). The second kappa shape index (κ2) is 6.33. The molecule has 1 aliphatic rings. The Kier molecular flexibility index (Phi) is 4.76. The Hall–Kier alpha value is -1.15. The van der Waals surface area contributed by atoms with Crippen LogP contribution in [0.5, 0.6) is 5.75 Å². The summed E-state index contributed by atoms with van der Waals surface area (Å²) in [6, 6.07) is 6.37. The van der Waals surface area contributed by atoms with Crippen LogP contribution < -0.4 is 14.8 Å². The van der Waals surface area contributed by atoms with Gasteiger partial charge in [0.25, 0.3) is 0 Å². The van der Waals surface area contributed by atoms with Crippen molar-refractivity contribution in [2.75, 3.05) is 33.4 Å². The standard InChI is InChI=1S/C12H18N2O4S/c1-17-10-3-2-4-12(7-10)19(15,16)14-9-11-8-13-5-6-18-11/h2-4,7,11,13-14H,5-6,8-9H2,1H3. The zero-order valence-electron chi connectivity index (χ0n) is 10.8. The molecule has 1 fully saturated rings. The summed E-state index contributed by atoms with van der Waals surface area (Å²) in [7, 11) is -2.03. The van der Waals surface area contributed by atoms with Gasteiger partial charge in [-0.1, -0.05) is 6.07 Å². The van der Waals surface area contributed by atoms with E-state index >= 15 is 0 Å². The minimum absolute atomic E-state index is 0.130. The SMILES string of the molecule is COc1cccc(S(=O)(=O)NCC2CNCCO2)c1. The van der Waals surface area contributed by atoms with Crippen LogP contribution in [0.15, 0.2) is 29.2 Å². The monoisotopic (exact) mass is 286 g/mol. The minimum Gasteiger partial charge on any atom is -0.497 e. The van der Waals surface area contributed by atoms with Gasteiger partial charge in [0.15, 0.2) is 0 Å². The maximum Gasteiger partial charge on any atom is 0.240 e. The molecule has 1 aromatic carbocycles. The molecule has 1 saturated heterocycles. The lowest BCUT2D eigenvalue weighted by molar-refractivity contribution is 0.0324. The molecular weight excluding hydrogens is 268 g/mol. The molecule has 0 bridgehead atoms. The van der Waals surface area contributed by atoms with E-state index in [0.717, 1.165) is 6.54 Å². The van der Waals surface area contributed by atoms with Crippen molar-refractivity contribution in [3.05, 3.63) is 24.3 Å². The molecule has 6 nitrogen and oxygen atoms in total. The topological polar surface area (TPSA) is 76.7 Å². The molecule has 0 aliphatic carbocycles. The van der Waals surface area contributed by atoms with Crippen molar-refractivity contribution in [1.29, 1.82) is 0 Å². The molecule has 1 heterocycles. The Labute approximate surface area is 113 Å². The summed E-state index contributed by atoms with van der Waals surface area (Å²) in [5.41, 5.74) is 0. The van der Waals surface area contributed by atoms with Crippen LogP contribution >= 0.6 is 0 Å². The van der Waals surface area contributed by atoms with Gasteiger partial charge in [-0.15, -0.1) is 0 Å². The van der Waals surface area contributed by atoms with Crippen LogP contribution in [0.2, 0.25) is 0 Å². The summed E-state index contributed by atoms with van der Waals surface area (Å²) < 4.78 is 37.2. The third-order valence-electron chi connectivity index (χ3n) is 2.86. The number of benzene rings is 1. The van der Waals surface area contributed by atoms with E-state index in [0.29, 0.717) is 18.9 Å². The van der Waals surface area contributed by atoms with Crippen LogP contribution in [0, 0.1) is 0 Å². The van der Waals surface area contributed by atoms with Gasteiger partial charge < -0.3 is 14.8 Å². The molecule has 1 aliphatic heterocycles. The molecule has 1 unspecified atom stereocenters. The van der Waals surface area contributed by atoms with Crippen LogP contribution in [0.1, 0.15) is 0 Å². The van der Waals surface area contributed by atoms with E-state index in [1.54, 1.807) is 12.1 Å². The molecule has 0 radical (unpaired) electrons. The molecule has 0 amide bonds. The Morgan fingerprint density at radius 1 is 1.53 bits per heavy atom. The Morgan fingerprint density at radius 2 is 2.37 bits per heavy atom. The predicted molar refractivity (Wildman–Crippen MR) is 70.8 cm³/mol. The van der Waals surface area contributed by atoms with Crippen molar-refractivity contribution in [3.63, 3.8) is 0 Å². The summed E-state index contributed by atoms with van der Waals surface area (Å²) in [4.78, 5) is 0.190. The molecule has 19 heavy (non-hydrogen) atoms. The predicted octanol–water partition coefficient (Wildman–Crippen LogP) is -0.0381. The van der Waals surface area contributed by atoms with Gasteiger partial charge in [-0.2, -0.15) is 0 Å². The summed E-state index contributed by atoms with van der Waals surface area (Å²) >= 11 is 0. The summed E-state index contributed by atoms with van der Waals surface area (Å²) in [5.74, 6) is 0.512. The van der Waals surface area contributed by atoms with Gasteiger partial charge in [0.2, 0.25) is 10.0 Å². The summed E-state index contributed by atoms with van der Waals surface area (Å²) in [6.07, 6.45) is -0.130. The largest absolute Gasteiger partial charge is 0.497 e. The van der Waals surface area contributed by atoms with Crippen LogP contribution in [-0.4, -0.2) is 47.9 Å². The third-order valence-corrected chi connectivity index (χ3v) is 4.28. The van der Waals surface area contributed by atoms with E-state index in [1.165, 1.54) is 19.2 Å². The number of morpholine rings is 1. The Morgan fingerprint density at radius 3 is 3.05 bits per heavy atom. The number of methoxy groups -OCH3 is 1. The van der Waals surface area contributed by atoms with Gasteiger partial charge in [0, 0.05) is 25.7 Å². The molecule has 2 N–H and O–H groups in total. The fraction of sp³-hybridized carbons (Fsp3) is 0.500. The molecule has 1 atom stereocenters. The average Bonchev–Trinajstić information content (AvgIpc) is 2.46. The third kappa shape index (κ3) is 3.90. The minimum atomic E-state index is -3.53. The van der Waals surface area contributed by atoms with Gasteiger partial charge in [-0.25, -0.2) is 13.1 Å². The fourth-order valence-electron chi connectivity index (χ4n) is 1.81. The molecular formula is C12H18N2O4S. The zero-order chi connectivity index (χ0) is 13.7. The lowest BCUT2D eigenvalue weighted by atomic mass is 10.3. The van der Waals surface area contributed by atoms with Crippen LogP contribution in [0.3, 0.4) is 0 Å². The number of hydrogen-bond acceptors (Lipinski definition) is 5. The molecule has 1 aromatic rings. The second-order valence-electron chi connectivity index (χ2n) is 4.23. The van der Waals surface area contributed by atoms with E-state index < -0.39 is 10.0 Å². The van der Waals surface area contributed by atoms with Crippen molar-refractivity contribution < 1.29 is 17.9 Å². The number of hydrogen-bond donors (Lipinski definition) is 2. The first-order chi connectivity index (χ1) is 9.12. The number of ether oxygens (including phenoxy) is 2. The highest BCUT2D eigenvalue weighted by Gasteiger charge is 2.19. The molecule has 7 heteroatoms. The van der Waals surface area contributed by atoms with E-state index in [4.69, 9.17) is 9.47 Å². The van der Waals surface area contributed by atoms with Crippen molar-refractivity contribution in [3.8, 4) is 5.75 Å². The number of rotatable bonds is 5. The molecule has 106 valence electrons. The van der Waals surface area contributed by atoms with Gasteiger partial charge in [-0.05, 0) is 12.1 Å². The highest BCUT2D eigenvalue weighted by Crippen LogP contribution is 2.16. The Balaban J connectivity index is 2.00. The van der Waals surface area contributed by atoms with Crippen molar-refractivity contribution >= 4 is 10.0 Å². The van der Waals surface area contributed by atoms with E-state index in [9.17, 15) is 8.42 Å². The van der Waals surface area contributed by atoms with Crippen molar-refractivity contribution in [1.82, 2.24) is 10.0 Å². The van der Waals surface area contributed by atoms with Gasteiger partial charge >= 0.3 is 0 Å². The Bertz CT molecular complexity index is 512. The average molecular weight is 286 g/mol. The normalized spacial score (nSPS) is 20.2.